The van der Waals surface area contributed by atoms with Crippen molar-refractivity contribution in [2.75, 3.05) is 0 Å². The predicted molar refractivity (Wildman–Crippen MR) is 56.5 cm³/mol. The monoisotopic (exact) mass is 266 g/mol. The zero-order valence-electron chi connectivity index (χ0n) is 7.21. The highest BCUT2D eigenvalue weighted by atomic mass is 127. The molecule has 2 unspecified atom stereocenters. The van der Waals surface area contributed by atoms with Gasteiger partial charge in [0.05, 0.1) is 6.04 Å². The number of halogens is 1. The summed E-state index contributed by atoms with van der Waals surface area (Å²) < 4.78 is 0.646. The van der Waals surface area contributed by atoms with Crippen LogP contribution in [0.25, 0.3) is 0 Å². The zero-order valence-corrected chi connectivity index (χ0v) is 9.37. The lowest BCUT2D eigenvalue weighted by atomic mass is 10.2. The lowest BCUT2D eigenvalue weighted by Crippen LogP contribution is -2.42. The number of rotatable bonds is 2. The van der Waals surface area contributed by atoms with Crippen LogP contribution in [0.4, 0.5) is 0 Å². The van der Waals surface area contributed by atoms with E-state index >= 15 is 0 Å². The highest BCUT2D eigenvalue weighted by Gasteiger charge is 2.19. The van der Waals surface area contributed by atoms with Crippen molar-refractivity contribution in [1.82, 2.24) is 10.4 Å². The molecular formula is C8H15IN2. The van der Waals surface area contributed by atoms with Gasteiger partial charge in [-0.25, -0.2) is 5.43 Å². The average Bonchev–Trinajstić information content (AvgIpc) is 2.33. The Bertz CT molecular complexity index is 138. The van der Waals surface area contributed by atoms with E-state index in [2.05, 4.69) is 66.1 Å². The summed E-state index contributed by atoms with van der Waals surface area (Å²) in [5.74, 6) is 0. The van der Waals surface area contributed by atoms with Gasteiger partial charge in [-0.15, -0.1) is 0 Å². The van der Waals surface area contributed by atoms with Crippen LogP contribution in [0.3, 0.4) is 0 Å². The molecule has 1 aliphatic heterocycles. The van der Waals surface area contributed by atoms with Crippen LogP contribution in [-0.2, 0) is 0 Å². The molecular weight excluding hydrogens is 251 g/mol. The maximum Gasteiger partial charge on any atom is 0.0575 e. The van der Waals surface area contributed by atoms with E-state index in [1.54, 1.807) is 0 Å². The Morgan fingerprint density at radius 3 is 2.36 bits per heavy atom. The molecule has 1 heterocycles. The summed E-state index contributed by atoms with van der Waals surface area (Å²) in [5.41, 5.74) is 3.40. The summed E-state index contributed by atoms with van der Waals surface area (Å²) in [7, 11) is 0. The molecule has 0 saturated carbocycles. The molecule has 1 N–H and O–H groups in total. The standard InChI is InChI=1S/C8H15IN2/c1-6(2)11-5-4-8(10-11)7(3)9/h4-8,10H,1-3H3. The second-order valence-electron chi connectivity index (χ2n) is 3.17. The SMILES string of the molecule is CC(I)C1C=CN(C(C)C)N1. The molecule has 0 aromatic carbocycles. The topological polar surface area (TPSA) is 15.3 Å². The van der Waals surface area contributed by atoms with E-state index in [1.165, 1.54) is 0 Å². The minimum absolute atomic E-state index is 0.512. The minimum atomic E-state index is 0.512. The van der Waals surface area contributed by atoms with Gasteiger partial charge >= 0.3 is 0 Å². The lowest BCUT2D eigenvalue weighted by molar-refractivity contribution is 0.225. The Labute approximate surface area is 82.1 Å². The van der Waals surface area contributed by atoms with Crippen LogP contribution in [0.1, 0.15) is 20.8 Å². The third-order valence-corrected chi connectivity index (χ3v) is 2.58. The van der Waals surface area contributed by atoms with Crippen molar-refractivity contribution in [3.8, 4) is 0 Å². The molecule has 0 aromatic heterocycles. The molecule has 0 amide bonds. The second-order valence-corrected chi connectivity index (χ2v) is 5.14. The van der Waals surface area contributed by atoms with Gasteiger partial charge in [0.25, 0.3) is 0 Å². The first-order valence-electron chi connectivity index (χ1n) is 3.98. The summed E-state index contributed by atoms with van der Waals surface area (Å²) in [4.78, 5) is 0. The van der Waals surface area contributed by atoms with Gasteiger partial charge in [0, 0.05) is 16.2 Å². The molecule has 3 heteroatoms. The molecule has 2 atom stereocenters. The van der Waals surface area contributed by atoms with Gasteiger partial charge in [0.1, 0.15) is 0 Å². The molecule has 0 bridgehead atoms. The Balaban J connectivity index is 2.43. The molecule has 0 fully saturated rings. The van der Waals surface area contributed by atoms with Crippen molar-refractivity contribution in [2.24, 2.45) is 0 Å². The number of hydrogen-bond acceptors (Lipinski definition) is 2. The second kappa shape index (κ2) is 3.76. The zero-order chi connectivity index (χ0) is 8.43. The molecule has 1 aliphatic rings. The molecule has 64 valence electrons. The van der Waals surface area contributed by atoms with Crippen molar-refractivity contribution in [1.29, 1.82) is 0 Å². The van der Waals surface area contributed by atoms with Crippen LogP contribution >= 0.6 is 22.6 Å². The lowest BCUT2D eigenvalue weighted by Gasteiger charge is -2.24. The molecule has 0 saturated heterocycles. The van der Waals surface area contributed by atoms with Crippen LogP contribution < -0.4 is 5.43 Å². The maximum absolute atomic E-state index is 3.40. The van der Waals surface area contributed by atoms with Crippen LogP contribution in [0.5, 0.6) is 0 Å². The molecule has 0 aromatic rings. The molecule has 11 heavy (non-hydrogen) atoms. The van der Waals surface area contributed by atoms with Crippen molar-refractivity contribution >= 4 is 22.6 Å². The molecule has 0 spiro atoms. The Hall–Kier alpha value is 0.230. The van der Waals surface area contributed by atoms with Crippen molar-refractivity contribution in [3.05, 3.63) is 12.3 Å². The van der Waals surface area contributed by atoms with Crippen LogP contribution in [0.15, 0.2) is 12.3 Å². The predicted octanol–water partition coefficient (Wildman–Crippen LogP) is 1.92. The van der Waals surface area contributed by atoms with Crippen LogP contribution in [0, 0.1) is 0 Å². The quantitative estimate of drug-likeness (QED) is 0.606. The first-order valence-corrected chi connectivity index (χ1v) is 5.22. The van der Waals surface area contributed by atoms with Gasteiger partial charge in [-0.3, -0.25) is 0 Å². The van der Waals surface area contributed by atoms with Gasteiger partial charge in [0.2, 0.25) is 0 Å². The number of nitrogens with one attached hydrogen (secondary N) is 1. The van der Waals surface area contributed by atoms with Gasteiger partial charge in [-0.1, -0.05) is 29.5 Å². The van der Waals surface area contributed by atoms with E-state index in [1.807, 2.05) is 0 Å². The molecule has 2 nitrogen and oxygen atoms in total. The Morgan fingerprint density at radius 1 is 1.45 bits per heavy atom. The minimum Gasteiger partial charge on any atom is -0.313 e. The van der Waals surface area contributed by atoms with Gasteiger partial charge < -0.3 is 5.01 Å². The fraction of sp³-hybridized carbons (Fsp3) is 0.750. The number of hydrogen-bond donors (Lipinski definition) is 1. The first kappa shape index (κ1) is 9.32. The maximum atomic E-state index is 3.40. The summed E-state index contributed by atoms with van der Waals surface area (Å²) >= 11 is 2.44. The van der Waals surface area contributed by atoms with E-state index < -0.39 is 0 Å². The third-order valence-electron chi connectivity index (χ3n) is 1.80. The first-order chi connectivity index (χ1) is 5.11. The summed E-state index contributed by atoms with van der Waals surface area (Å²) in [5, 5.41) is 2.15. The highest BCUT2D eigenvalue weighted by Crippen LogP contribution is 2.13. The highest BCUT2D eigenvalue weighted by molar-refractivity contribution is 14.1. The molecule has 0 aliphatic carbocycles. The van der Waals surface area contributed by atoms with E-state index in [9.17, 15) is 0 Å². The smallest absolute Gasteiger partial charge is 0.0575 e. The summed E-state index contributed by atoms with van der Waals surface area (Å²) in [6, 6.07) is 1.06. The van der Waals surface area contributed by atoms with E-state index in [0.717, 1.165) is 0 Å². The Kier molecular flexibility index (Phi) is 3.18. The number of hydrazine groups is 1. The van der Waals surface area contributed by atoms with Gasteiger partial charge in [0.15, 0.2) is 0 Å². The van der Waals surface area contributed by atoms with Crippen molar-refractivity contribution in [2.45, 2.75) is 36.8 Å². The normalized spacial score (nSPS) is 26.6. The van der Waals surface area contributed by atoms with Crippen molar-refractivity contribution < 1.29 is 0 Å². The largest absolute Gasteiger partial charge is 0.313 e. The summed E-state index contributed by atoms with van der Waals surface area (Å²) in [6.45, 7) is 6.57. The summed E-state index contributed by atoms with van der Waals surface area (Å²) in [6.07, 6.45) is 4.35. The van der Waals surface area contributed by atoms with Gasteiger partial charge in [-0.2, -0.15) is 0 Å². The fourth-order valence-corrected chi connectivity index (χ4v) is 1.42. The van der Waals surface area contributed by atoms with Crippen LogP contribution in [0.2, 0.25) is 0 Å². The van der Waals surface area contributed by atoms with E-state index in [4.69, 9.17) is 0 Å². The van der Waals surface area contributed by atoms with Crippen molar-refractivity contribution in [3.63, 3.8) is 0 Å². The fourth-order valence-electron chi connectivity index (χ4n) is 1.02. The average molecular weight is 266 g/mol. The van der Waals surface area contributed by atoms with E-state index in [-0.39, 0.29) is 0 Å². The molecule has 0 radical (unpaired) electrons. The molecule has 1 rings (SSSR count). The number of nitrogens with zero attached hydrogens (tertiary/aromatic N) is 1. The van der Waals surface area contributed by atoms with Crippen LogP contribution in [-0.4, -0.2) is 21.0 Å². The van der Waals surface area contributed by atoms with Gasteiger partial charge in [-0.05, 0) is 19.9 Å². The Morgan fingerprint density at radius 2 is 2.09 bits per heavy atom. The van der Waals surface area contributed by atoms with E-state index in [0.29, 0.717) is 16.0 Å². The third kappa shape index (κ3) is 2.33. The number of alkyl halides is 1.